The fraction of sp³-hybridized carbons (Fsp3) is 0.333. The van der Waals surface area contributed by atoms with E-state index >= 15 is 0 Å². The van der Waals surface area contributed by atoms with Gasteiger partial charge in [0, 0.05) is 12.7 Å². The molecule has 0 spiro atoms. The van der Waals surface area contributed by atoms with Gasteiger partial charge >= 0.3 is 0 Å². The highest BCUT2D eigenvalue weighted by molar-refractivity contribution is 5.31. The van der Waals surface area contributed by atoms with E-state index in [2.05, 4.69) is 5.10 Å². The third-order valence-corrected chi connectivity index (χ3v) is 1.24. The number of rotatable bonds is 1. The van der Waals surface area contributed by atoms with Crippen LogP contribution in [0.2, 0.25) is 0 Å². The Morgan fingerprint density at radius 3 is 3.00 bits per heavy atom. The molecule has 0 saturated carbocycles. The van der Waals surface area contributed by atoms with Gasteiger partial charge in [-0.25, -0.2) is 4.68 Å². The van der Waals surface area contributed by atoms with Gasteiger partial charge in [-0.2, -0.15) is 5.10 Å². The van der Waals surface area contributed by atoms with E-state index in [1.165, 1.54) is 16.9 Å². The highest BCUT2D eigenvalue weighted by Crippen LogP contribution is 1.86. The summed E-state index contributed by atoms with van der Waals surface area (Å²) in [7, 11) is 0. The molecule has 10 heavy (non-hydrogen) atoms. The molecule has 0 bridgehead atoms. The Kier molecular flexibility index (Phi) is 1.71. The van der Waals surface area contributed by atoms with Crippen molar-refractivity contribution in [1.82, 2.24) is 9.78 Å². The van der Waals surface area contributed by atoms with E-state index in [1.807, 2.05) is 6.92 Å². The molecule has 0 radical (unpaired) electrons. The lowest BCUT2D eigenvalue weighted by Gasteiger charge is -1.98. The summed E-state index contributed by atoms with van der Waals surface area (Å²) >= 11 is 0. The van der Waals surface area contributed by atoms with Gasteiger partial charge in [0.2, 0.25) is 0 Å². The average molecular weight is 139 g/mol. The van der Waals surface area contributed by atoms with E-state index < -0.39 is 0 Å². The molecule has 0 atom stereocenters. The molecule has 0 aliphatic heterocycles. The van der Waals surface area contributed by atoms with Crippen LogP contribution >= 0.6 is 0 Å². The molecule has 0 unspecified atom stereocenters. The molecule has 0 aliphatic rings. The molecule has 1 aromatic rings. The van der Waals surface area contributed by atoms with Crippen molar-refractivity contribution in [1.29, 1.82) is 0 Å². The average Bonchev–Trinajstić information content (AvgIpc) is 1.95. The second kappa shape index (κ2) is 2.51. The first-order valence-corrected chi connectivity index (χ1v) is 3.07. The Hall–Kier alpha value is -1.32. The van der Waals surface area contributed by atoms with Crippen molar-refractivity contribution in [3.05, 3.63) is 22.6 Å². The summed E-state index contributed by atoms with van der Waals surface area (Å²) in [6.45, 7) is 2.40. The zero-order chi connectivity index (χ0) is 7.56. The van der Waals surface area contributed by atoms with Crippen LogP contribution in [-0.2, 0) is 6.54 Å². The van der Waals surface area contributed by atoms with Gasteiger partial charge in [-0.15, -0.1) is 0 Å². The van der Waals surface area contributed by atoms with Crippen molar-refractivity contribution >= 4 is 5.69 Å². The molecular formula is C6H9N3O. The Labute approximate surface area is 58.3 Å². The zero-order valence-corrected chi connectivity index (χ0v) is 5.74. The van der Waals surface area contributed by atoms with Crippen LogP contribution in [0, 0.1) is 0 Å². The molecule has 54 valence electrons. The van der Waals surface area contributed by atoms with Crippen LogP contribution < -0.4 is 11.3 Å². The molecule has 0 saturated heterocycles. The predicted octanol–water partition coefficient (Wildman–Crippen LogP) is -0.155. The highest BCUT2D eigenvalue weighted by Gasteiger charge is 1.95. The first kappa shape index (κ1) is 6.80. The Balaban J connectivity index is 3.28. The molecule has 4 nitrogen and oxygen atoms in total. The summed E-state index contributed by atoms with van der Waals surface area (Å²) < 4.78 is 1.31. The molecule has 1 rings (SSSR count). The number of nitrogens with two attached hydrogens (primary N) is 1. The molecule has 4 heteroatoms. The van der Waals surface area contributed by atoms with Gasteiger partial charge in [0.15, 0.2) is 0 Å². The SMILES string of the molecule is CCn1nccc(N)c1=O. The number of anilines is 1. The first-order valence-electron chi connectivity index (χ1n) is 3.07. The number of nitrogens with zero attached hydrogens (tertiary/aromatic N) is 2. The lowest BCUT2D eigenvalue weighted by Crippen LogP contribution is -2.23. The van der Waals surface area contributed by atoms with Gasteiger partial charge in [0.1, 0.15) is 5.69 Å². The van der Waals surface area contributed by atoms with Crippen molar-refractivity contribution in [3.63, 3.8) is 0 Å². The van der Waals surface area contributed by atoms with Crippen LogP contribution in [-0.4, -0.2) is 9.78 Å². The molecule has 0 aromatic carbocycles. The molecular weight excluding hydrogens is 130 g/mol. The van der Waals surface area contributed by atoms with Crippen LogP contribution in [0.4, 0.5) is 5.69 Å². The molecule has 0 amide bonds. The van der Waals surface area contributed by atoms with E-state index in [0.717, 1.165) is 0 Å². The highest BCUT2D eigenvalue weighted by atomic mass is 16.1. The molecule has 1 heterocycles. The number of hydrogen-bond donors (Lipinski definition) is 1. The Morgan fingerprint density at radius 2 is 2.50 bits per heavy atom. The maximum absolute atomic E-state index is 11.0. The molecule has 0 fully saturated rings. The molecule has 1 aromatic heterocycles. The number of hydrogen-bond acceptors (Lipinski definition) is 3. The van der Waals surface area contributed by atoms with Crippen LogP contribution in [0.25, 0.3) is 0 Å². The predicted molar refractivity (Wildman–Crippen MR) is 38.6 cm³/mol. The summed E-state index contributed by atoms with van der Waals surface area (Å²) in [5, 5.41) is 3.78. The minimum atomic E-state index is -0.218. The summed E-state index contributed by atoms with van der Waals surface area (Å²) in [5.41, 5.74) is 5.35. The lowest BCUT2D eigenvalue weighted by atomic mass is 10.5. The second-order valence-corrected chi connectivity index (χ2v) is 1.91. The summed E-state index contributed by atoms with van der Waals surface area (Å²) in [5.74, 6) is 0. The summed E-state index contributed by atoms with van der Waals surface area (Å²) in [6, 6.07) is 1.49. The summed E-state index contributed by atoms with van der Waals surface area (Å²) in [4.78, 5) is 11.0. The van der Waals surface area contributed by atoms with Crippen LogP contribution in [0.1, 0.15) is 6.92 Å². The lowest BCUT2D eigenvalue weighted by molar-refractivity contribution is 0.618. The van der Waals surface area contributed by atoms with Crippen molar-refractivity contribution in [2.45, 2.75) is 13.5 Å². The molecule has 0 aliphatic carbocycles. The minimum Gasteiger partial charge on any atom is -0.394 e. The van der Waals surface area contributed by atoms with Crippen molar-refractivity contribution in [2.75, 3.05) is 5.73 Å². The number of nitrogen functional groups attached to an aromatic ring is 1. The fourth-order valence-corrected chi connectivity index (χ4v) is 0.692. The van der Waals surface area contributed by atoms with E-state index in [9.17, 15) is 4.79 Å². The van der Waals surface area contributed by atoms with Crippen molar-refractivity contribution in [2.24, 2.45) is 0 Å². The van der Waals surface area contributed by atoms with Gasteiger partial charge in [-0.1, -0.05) is 0 Å². The number of aryl methyl sites for hydroxylation is 1. The minimum absolute atomic E-state index is 0.218. The Bertz CT molecular complexity index is 279. The van der Waals surface area contributed by atoms with Crippen molar-refractivity contribution < 1.29 is 0 Å². The standard InChI is InChI=1S/C6H9N3O/c1-2-9-6(10)5(7)3-4-8-9/h3-4H,2,7H2,1H3. The number of aromatic nitrogens is 2. The largest absolute Gasteiger partial charge is 0.394 e. The first-order chi connectivity index (χ1) is 4.75. The van der Waals surface area contributed by atoms with Gasteiger partial charge in [0.05, 0.1) is 0 Å². The smallest absolute Gasteiger partial charge is 0.289 e. The quantitative estimate of drug-likeness (QED) is 0.588. The van der Waals surface area contributed by atoms with E-state index in [4.69, 9.17) is 5.73 Å². The van der Waals surface area contributed by atoms with Crippen LogP contribution in [0.3, 0.4) is 0 Å². The maximum atomic E-state index is 11.0. The van der Waals surface area contributed by atoms with Gasteiger partial charge < -0.3 is 5.73 Å². The Morgan fingerprint density at radius 1 is 1.80 bits per heavy atom. The van der Waals surface area contributed by atoms with E-state index in [0.29, 0.717) is 6.54 Å². The maximum Gasteiger partial charge on any atom is 0.289 e. The third kappa shape index (κ3) is 1.00. The van der Waals surface area contributed by atoms with E-state index in [-0.39, 0.29) is 11.2 Å². The second-order valence-electron chi connectivity index (χ2n) is 1.91. The normalized spacial score (nSPS) is 9.70. The van der Waals surface area contributed by atoms with Gasteiger partial charge in [-0.3, -0.25) is 4.79 Å². The summed E-state index contributed by atoms with van der Waals surface area (Å²) in [6.07, 6.45) is 1.51. The van der Waals surface area contributed by atoms with Gasteiger partial charge in [0.25, 0.3) is 5.56 Å². The van der Waals surface area contributed by atoms with E-state index in [1.54, 1.807) is 0 Å². The topological polar surface area (TPSA) is 60.9 Å². The van der Waals surface area contributed by atoms with Gasteiger partial charge in [-0.05, 0) is 13.0 Å². The monoisotopic (exact) mass is 139 g/mol. The zero-order valence-electron chi connectivity index (χ0n) is 5.74. The van der Waals surface area contributed by atoms with Crippen LogP contribution in [0.5, 0.6) is 0 Å². The fourth-order valence-electron chi connectivity index (χ4n) is 0.692. The third-order valence-electron chi connectivity index (χ3n) is 1.24. The van der Waals surface area contributed by atoms with Crippen LogP contribution in [0.15, 0.2) is 17.1 Å². The van der Waals surface area contributed by atoms with Crippen molar-refractivity contribution in [3.8, 4) is 0 Å². The molecule has 2 N–H and O–H groups in total.